The molecule has 0 unspecified atom stereocenters. The molecule has 0 aromatic carbocycles. The van der Waals surface area contributed by atoms with Crippen LogP contribution in [-0.2, 0) is 4.79 Å². The maximum absolute atomic E-state index is 12.2. The van der Waals surface area contributed by atoms with Gasteiger partial charge in [0, 0.05) is 25.3 Å². The van der Waals surface area contributed by atoms with Gasteiger partial charge in [0.2, 0.25) is 0 Å². The van der Waals surface area contributed by atoms with Crippen LogP contribution < -0.4 is 4.74 Å². The van der Waals surface area contributed by atoms with E-state index in [1.807, 2.05) is 11.0 Å². The van der Waals surface area contributed by atoms with E-state index < -0.39 is 0 Å². The Morgan fingerprint density at radius 1 is 1.45 bits per heavy atom. The molecule has 1 aromatic heterocycles. The van der Waals surface area contributed by atoms with Crippen molar-refractivity contribution in [3.8, 4) is 5.75 Å². The van der Waals surface area contributed by atoms with Crippen LogP contribution in [0.3, 0.4) is 0 Å². The summed E-state index contributed by atoms with van der Waals surface area (Å²) < 4.78 is 5.47. The standard InChI is InChI=1S/C15H23N3O2/c1-17(2)13-5-4-9-18(10-7-13)15(19)12-20-14-6-3-8-16-11-14/h3,6,8,11,13H,4-5,7,9-10,12H2,1-2H3/t13-/m0/s1. The summed E-state index contributed by atoms with van der Waals surface area (Å²) in [4.78, 5) is 20.3. The topological polar surface area (TPSA) is 45.7 Å². The van der Waals surface area contributed by atoms with E-state index in [2.05, 4.69) is 24.0 Å². The first-order chi connectivity index (χ1) is 9.66. The van der Waals surface area contributed by atoms with Crippen LogP contribution in [0.1, 0.15) is 19.3 Å². The average Bonchev–Trinajstić information content (AvgIpc) is 2.72. The van der Waals surface area contributed by atoms with Gasteiger partial charge in [0.15, 0.2) is 6.61 Å². The van der Waals surface area contributed by atoms with Crippen LogP contribution in [0.25, 0.3) is 0 Å². The van der Waals surface area contributed by atoms with Crippen molar-refractivity contribution in [1.82, 2.24) is 14.8 Å². The van der Waals surface area contributed by atoms with Crippen molar-refractivity contribution in [2.75, 3.05) is 33.8 Å². The Morgan fingerprint density at radius 3 is 3.00 bits per heavy atom. The molecule has 1 atom stereocenters. The van der Waals surface area contributed by atoms with Gasteiger partial charge in [0.05, 0.1) is 6.20 Å². The third-order valence-electron chi connectivity index (χ3n) is 3.78. The summed E-state index contributed by atoms with van der Waals surface area (Å²) in [5, 5.41) is 0. The van der Waals surface area contributed by atoms with E-state index in [9.17, 15) is 4.79 Å². The molecule has 1 aliphatic heterocycles. The van der Waals surface area contributed by atoms with Crippen LogP contribution in [0, 0.1) is 0 Å². The molecule has 1 fully saturated rings. The first-order valence-electron chi connectivity index (χ1n) is 7.14. The summed E-state index contributed by atoms with van der Waals surface area (Å²) >= 11 is 0. The third kappa shape index (κ3) is 4.20. The Balaban J connectivity index is 1.80. The van der Waals surface area contributed by atoms with E-state index in [1.54, 1.807) is 18.5 Å². The first kappa shape index (κ1) is 14.8. The Hall–Kier alpha value is -1.62. The maximum Gasteiger partial charge on any atom is 0.260 e. The molecule has 0 N–H and O–H groups in total. The van der Waals surface area contributed by atoms with E-state index in [0.29, 0.717) is 11.8 Å². The Morgan fingerprint density at radius 2 is 2.30 bits per heavy atom. The SMILES string of the molecule is CN(C)[C@H]1CCCN(C(=O)COc2cccnc2)CC1. The first-order valence-corrected chi connectivity index (χ1v) is 7.14. The predicted octanol–water partition coefficient (Wildman–Crippen LogP) is 1.40. The summed E-state index contributed by atoms with van der Waals surface area (Å²) in [6.07, 6.45) is 6.55. The minimum Gasteiger partial charge on any atom is -0.482 e. The number of likely N-dealkylation sites (tertiary alicyclic amines) is 1. The van der Waals surface area contributed by atoms with Gasteiger partial charge in [-0.05, 0) is 45.5 Å². The monoisotopic (exact) mass is 277 g/mol. The summed E-state index contributed by atoms with van der Waals surface area (Å²) in [5.74, 6) is 0.704. The van der Waals surface area contributed by atoms with Gasteiger partial charge in [0.25, 0.3) is 5.91 Å². The number of ether oxygens (including phenoxy) is 1. The molecule has 2 rings (SSSR count). The molecular weight excluding hydrogens is 254 g/mol. The van der Waals surface area contributed by atoms with Crippen LogP contribution >= 0.6 is 0 Å². The van der Waals surface area contributed by atoms with Crippen LogP contribution in [0.15, 0.2) is 24.5 Å². The van der Waals surface area contributed by atoms with Gasteiger partial charge < -0.3 is 14.5 Å². The molecule has 20 heavy (non-hydrogen) atoms. The summed E-state index contributed by atoms with van der Waals surface area (Å²) in [5.41, 5.74) is 0. The highest BCUT2D eigenvalue weighted by Crippen LogP contribution is 2.15. The minimum atomic E-state index is 0.0632. The zero-order valence-corrected chi connectivity index (χ0v) is 12.3. The molecule has 0 aliphatic carbocycles. The van der Waals surface area contributed by atoms with Crippen LogP contribution in [0.2, 0.25) is 0 Å². The van der Waals surface area contributed by atoms with Crippen molar-refractivity contribution in [2.24, 2.45) is 0 Å². The molecule has 1 aromatic rings. The molecule has 1 amide bonds. The summed E-state index contributed by atoms with van der Waals surface area (Å²) in [6.45, 7) is 1.75. The molecule has 0 spiro atoms. The zero-order valence-electron chi connectivity index (χ0n) is 12.3. The highest BCUT2D eigenvalue weighted by atomic mass is 16.5. The number of carbonyl (C=O) groups excluding carboxylic acids is 1. The number of hydrogen-bond acceptors (Lipinski definition) is 4. The van der Waals surface area contributed by atoms with E-state index in [0.717, 1.165) is 32.4 Å². The maximum atomic E-state index is 12.2. The zero-order chi connectivity index (χ0) is 14.4. The van der Waals surface area contributed by atoms with E-state index in [-0.39, 0.29) is 12.5 Å². The summed E-state index contributed by atoms with van der Waals surface area (Å²) in [6, 6.07) is 4.19. The number of hydrogen-bond donors (Lipinski definition) is 0. The largest absolute Gasteiger partial charge is 0.482 e. The van der Waals surface area contributed by atoms with Crippen LogP contribution in [-0.4, -0.2) is 60.5 Å². The number of pyridine rings is 1. The normalized spacial score (nSPS) is 19.8. The molecule has 2 heterocycles. The van der Waals surface area contributed by atoms with Gasteiger partial charge in [-0.2, -0.15) is 0 Å². The highest BCUT2D eigenvalue weighted by molar-refractivity contribution is 5.77. The Kier molecular flexibility index (Phi) is 5.35. The highest BCUT2D eigenvalue weighted by Gasteiger charge is 2.21. The number of carbonyl (C=O) groups is 1. The van der Waals surface area contributed by atoms with Crippen molar-refractivity contribution in [3.63, 3.8) is 0 Å². The van der Waals surface area contributed by atoms with Crippen molar-refractivity contribution in [3.05, 3.63) is 24.5 Å². The average molecular weight is 277 g/mol. The molecule has 5 heteroatoms. The van der Waals surface area contributed by atoms with Crippen LogP contribution in [0.5, 0.6) is 5.75 Å². The number of nitrogens with zero attached hydrogens (tertiary/aromatic N) is 3. The van der Waals surface area contributed by atoms with E-state index in [4.69, 9.17) is 4.74 Å². The van der Waals surface area contributed by atoms with Gasteiger partial charge >= 0.3 is 0 Å². The Labute approximate surface area is 120 Å². The molecule has 0 bridgehead atoms. The lowest BCUT2D eigenvalue weighted by Gasteiger charge is -2.23. The van der Waals surface area contributed by atoms with Crippen LogP contribution in [0.4, 0.5) is 0 Å². The minimum absolute atomic E-state index is 0.0632. The second kappa shape index (κ2) is 7.24. The number of rotatable bonds is 4. The fourth-order valence-electron chi connectivity index (χ4n) is 2.51. The molecule has 5 nitrogen and oxygen atoms in total. The fraction of sp³-hybridized carbons (Fsp3) is 0.600. The Bertz CT molecular complexity index is 422. The molecule has 0 radical (unpaired) electrons. The van der Waals surface area contributed by atoms with E-state index in [1.165, 1.54) is 0 Å². The molecule has 1 saturated heterocycles. The number of amides is 1. The second-order valence-corrected chi connectivity index (χ2v) is 5.41. The van der Waals surface area contributed by atoms with Crippen molar-refractivity contribution < 1.29 is 9.53 Å². The molecule has 1 aliphatic rings. The van der Waals surface area contributed by atoms with E-state index >= 15 is 0 Å². The molecular formula is C15H23N3O2. The van der Waals surface area contributed by atoms with Gasteiger partial charge in [0.1, 0.15) is 5.75 Å². The fourth-order valence-corrected chi connectivity index (χ4v) is 2.51. The van der Waals surface area contributed by atoms with Crippen molar-refractivity contribution in [2.45, 2.75) is 25.3 Å². The quantitative estimate of drug-likeness (QED) is 0.834. The lowest BCUT2D eigenvalue weighted by molar-refractivity contribution is -0.133. The van der Waals surface area contributed by atoms with Gasteiger partial charge in [-0.3, -0.25) is 9.78 Å². The number of aromatic nitrogens is 1. The van der Waals surface area contributed by atoms with Crippen molar-refractivity contribution in [1.29, 1.82) is 0 Å². The third-order valence-corrected chi connectivity index (χ3v) is 3.78. The molecule has 110 valence electrons. The lowest BCUT2D eigenvalue weighted by Crippen LogP contribution is -2.36. The smallest absolute Gasteiger partial charge is 0.260 e. The molecule has 0 saturated carbocycles. The second-order valence-electron chi connectivity index (χ2n) is 5.41. The van der Waals surface area contributed by atoms with Gasteiger partial charge in [-0.15, -0.1) is 0 Å². The lowest BCUT2D eigenvalue weighted by atomic mass is 10.1. The predicted molar refractivity (Wildman–Crippen MR) is 77.6 cm³/mol. The van der Waals surface area contributed by atoms with Gasteiger partial charge in [-0.1, -0.05) is 0 Å². The van der Waals surface area contributed by atoms with Crippen molar-refractivity contribution >= 4 is 5.91 Å². The van der Waals surface area contributed by atoms with Gasteiger partial charge in [-0.25, -0.2) is 0 Å². The summed E-state index contributed by atoms with van der Waals surface area (Å²) in [7, 11) is 4.21.